The minimum Gasteiger partial charge on any atom is -0.496 e. The minimum atomic E-state index is -0.163. The third-order valence-corrected chi connectivity index (χ3v) is 6.28. The maximum absolute atomic E-state index is 12.3. The number of fused-ring (bicyclic) bond motifs is 1. The van der Waals surface area contributed by atoms with Crippen LogP contribution < -0.4 is 10.3 Å². The average Bonchev–Trinajstić information content (AvgIpc) is 3.30. The molecule has 0 N–H and O–H groups in total. The standard InChI is InChI=1S/C18H18N6O2S2/c1-4-14-22-24-15(25)9-11(19-17(24)28-14)10-27-18-21-20-16(23(18)2)12-7-5-6-8-13(12)26-3/h5-9H,4,10H2,1-3H3. The first kappa shape index (κ1) is 18.6. The molecule has 3 heterocycles. The highest BCUT2D eigenvalue weighted by molar-refractivity contribution is 7.98. The molecule has 1 aromatic carbocycles. The fourth-order valence-corrected chi connectivity index (χ4v) is 4.42. The van der Waals surface area contributed by atoms with Crippen molar-refractivity contribution in [2.75, 3.05) is 7.11 Å². The smallest absolute Gasteiger partial charge is 0.275 e. The second-order valence-electron chi connectivity index (χ2n) is 5.98. The van der Waals surface area contributed by atoms with Gasteiger partial charge in [-0.1, -0.05) is 42.2 Å². The monoisotopic (exact) mass is 414 g/mol. The van der Waals surface area contributed by atoms with E-state index in [0.717, 1.165) is 33.7 Å². The van der Waals surface area contributed by atoms with Crippen LogP contribution in [0.5, 0.6) is 5.75 Å². The molecule has 0 aliphatic carbocycles. The van der Waals surface area contributed by atoms with Gasteiger partial charge in [-0.2, -0.15) is 9.61 Å². The zero-order valence-electron chi connectivity index (χ0n) is 15.6. The summed E-state index contributed by atoms with van der Waals surface area (Å²) >= 11 is 2.92. The number of nitrogens with zero attached hydrogens (tertiary/aromatic N) is 6. The SMILES string of the molecule is CCc1nn2c(=O)cc(CSc3nnc(-c4ccccc4OC)n3C)nc2s1. The van der Waals surface area contributed by atoms with Crippen molar-refractivity contribution in [3.63, 3.8) is 0 Å². The Morgan fingerprint density at radius 2 is 2.07 bits per heavy atom. The van der Waals surface area contributed by atoms with E-state index in [1.165, 1.54) is 33.7 Å². The van der Waals surface area contributed by atoms with Gasteiger partial charge in [0.05, 0.1) is 18.4 Å². The normalized spacial score (nSPS) is 11.2. The second-order valence-corrected chi connectivity index (χ2v) is 7.97. The van der Waals surface area contributed by atoms with Gasteiger partial charge in [0.1, 0.15) is 10.8 Å². The molecule has 0 saturated carbocycles. The van der Waals surface area contributed by atoms with Gasteiger partial charge in [0, 0.05) is 18.9 Å². The Hall–Kier alpha value is -2.72. The molecule has 0 unspecified atom stereocenters. The van der Waals surface area contributed by atoms with E-state index < -0.39 is 0 Å². The van der Waals surface area contributed by atoms with Crippen molar-refractivity contribution in [3.8, 4) is 17.1 Å². The number of benzene rings is 1. The molecule has 0 spiro atoms. The van der Waals surface area contributed by atoms with Gasteiger partial charge in [-0.3, -0.25) is 4.79 Å². The predicted octanol–water partition coefficient (Wildman–Crippen LogP) is 2.81. The number of ether oxygens (including phenoxy) is 1. The van der Waals surface area contributed by atoms with Crippen LogP contribution in [0.25, 0.3) is 16.3 Å². The van der Waals surface area contributed by atoms with Gasteiger partial charge in [0.25, 0.3) is 5.56 Å². The van der Waals surface area contributed by atoms with Crippen LogP contribution >= 0.6 is 23.1 Å². The maximum atomic E-state index is 12.3. The number of rotatable bonds is 6. The number of hydrogen-bond donors (Lipinski definition) is 0. The van der Waals surface area contributed by atoms with Gasteiger partial charge in [-0.05, 0) is 18.6 Å². The average molecular weight is 415 g/mol. The van der Waals surface area contributed by atoms with Crippen LogP contribution in [0.2, 0.25) is 0 Å². The summed E-state index contributed by atoms with van der Waals surface area (Å²) in [6.07, 6.45) is 0.780. The fourth-order valence-electron chi connectivity index (χ4n) is 2.76. The topological polar surface area (TPSA) is 87.2 Å². The van der Waals surface area contributed by atoms with Crippen molar-refractivity contribution in [2.24, 2.45) is 7.05 Å². The van der Waals surface area contributed by atoms with Crippen molar-refractivity contribution < 1.29 is 4.74 Å². The summed E-state index contributed by atoms with van der Waals surface area (Å²) < 4.78 is 8.69. The lowest BCUT2D eigenvalue weighted by Crippen LogP contribution is -2.15. The van der Waals surface area contributed by atoms with E-state index in [0.29, 0.717) is 16.4 Å². The van der Waals surface area contributed by atoms with Crippen molar-refractivity contribution in [1.29, 1.82) is 0 Å². The third-order valence-electron chi connectivity index (χ3n) is 4.17. The first-order chi connectivity index (χ1) is 13.6. The van der Waals surface area contributed by atoms with E-state index in [2.05, 4.69) is 20.3 Å². The molecule has 8 nitrogen and oxygen atoms in total. The molecule has 4 rings (SSSR count). The summed E-state index contributed by atoms with van der Waals surface area (Å²) in [5, 5.41) is 14.5. The lowest BCUT2D eigenvalue weighted by atomic mass is 10.2. The van der Waals surface area contributed by atoms with Crippen LogP contribution in [0.15, 0.2) is 40.3 Å². The Bertz CT molecular complexity index is 1200. The summed E-state index contributed by atoms with van der Waals surface area (Å²) in [4.78, 5) is 17.5. The van der Waals surface area contributed by atoms with Gasteiger partial charge in [-0.15, -0.1) is 10.2 Å². The van der Waals surface area contributed by atoms with Crippen molar-refractivity contribution in [3.05, 3.63) is 51.4 Å². The minimum absolute atomic E-state index is 0.163. The molecule has 0 atom stereocenters. The molecule has 0 saturated heterocycles. The Kier molecular flexibility index (Phi) is 5.14. The molecule has 3 aromatic heterocycles. The van der Waals surface area contributed by atoms with Crippen molar-refractivity contribution >= 4 is 28.1 Å². The number of para-hydroxylation sites is 1. The molecular formula is C18H18N6O2S2. The Balaban J connectivity index is 1.58. The van der Waals surface area contributed by atoms with Crippen LogP contribution in [-0.4, -0.2) is 36.5 Å². The molecule has 0 radical (unpaired) electrons. The van der Waals surface area contributed by atoms with Crippen molar-refractivity contribution in [1.82, 2.24) is 29.4 Å². The van der Waals surface area contributed by atoms with E-state index in [-0.39, 0.29) is 5.56 Å². The van der Waals surface area contributed by atoms with Gasteiger partial charge < -0.3 is 9.30 Å². The third kappa shape index (κ3) is 3.40. The van der Waals surface area contributed by atoms with Gasteiger partial charge >= 0.3 is 0 Å². The highest BCUT2D eigenvalue weighted by Gasteiger charge is 2.15. The summed E-state index contributed by atoms with van der Waals surface area (Å²) in [5.74, 6) is 1.98. The van der Waals surface area contributed by atoms with Gasteiger partial charge in [-0.25, -0.2) is 4.98 Å². The quantitative estimate of drug-likeness (QED) is 0.448. The zero-order valence-corrected chi connectivity index (χ0v) is 17.3. The number of aromatic nitrogens is 6. The van der Waals surface area contributed by atoms with Crippen molar-refractivity contribution in [2.45, 2.75) is 24.3 Å². The fraction of sp³-hybridized carbons (Fsp3) is 0.278. The molecule has 0 fully saturated rings. The highest BCUT2D eigenvalue weighted by Crippen LogP contribution is 2.30. The summed E-state index contributed by atoms with van der Waals surface area (Å²) in [7, 11) is 3.54. The Morgan fingerprint density at radius 3 is 2.86 bits per heavy atom. The molecule has 0 bridgehead atoms. The maximum Gasteiger partial charge on any atom is 0.275 e. The number of hydrogen-bond acceptors (Lipinski definition) is 8. The van der Waals surface area contributed by atoms with E-state index in [4.69, 9.17) is 4.74 Å². The van der Waals surface area contributed by atoms with Crippen LogP contribution in [0.4, 0.5) is 0 Å². The molecule has 0 aliphatic heterocycles. The Labute approximate surface area is 169 Å². The molecular weight excluding hydrogens is 396 g/mol. The molecule has 0 aliphatic rings. The first-order valence-electron chi connectivity index (χ1n) is 8.65. The molecule has 28 heavy (non-hydrogen) atoms. The van der Waals surface area contributed by atoms with Gasteiger partial charge in [0.15, 0.2) is 11.0 Å². The molecule has 10 heteroatoms. The largest absolute Gasteiger partial charge is 0.496 e. The summed E-state index contributed by atoms with van der Waals surface area (Å²) in [5.41, 5.74) is 1.41. The Morgan fingerprint density at radius 1 is 1.25 bits per heavy atom. The number of thioether (sulfide) groups is 1. The van der Waals surface area contributed by atoms with E-state index in [1.807, 2.05) is 42.8 Å². The van der Waals surface area contributed by atoms with Gasteiger partial charge in [0.2, 0.25) is 4.96 Å². The second kappa shape index (κ2) is 7.72. The highest BCUT2D eigenvalue weighted by atomic mass is 32.2. The first-order valence-corrected chi connectivity index (χ1v) is 10.4. The summed E-state index contributed by atoms with van der Waals surface area (Å²) in [6, 6.07) is 9.21. The summed E-state index contributed by atoms with van der Waals surface area (Å²) in [6.45, 7) is 2.01. The molecule has 144 valence electrons. The molecule has 4 aromatic rings. The van der Waals surface area contributed by atoms with E-state index >= 15 is 0 Å². The zero-order chi connectivity index (χ0) is 19.7. The molecule has 0 amide bonds. The van der Waals surface area contributed by atoms with E-state index in [1.54, 1.807) is 7.11 Å². The predicted molar refractivity (Wildman–Crippen MR) is 109 cm³/mol. The van der Waals surface area contributed by atoms with Crippen LogP contribution in [-0.2, 0) is 19.2 Å². The lowest BCUT2D eigenvalue weighted by molar-refractivity contribution is 0.416. The lowest BCUT2D eigenvalue weighted by Gasteiger charge is -2.08. The number of methoxy groups -OCH3 is 1. The van der Waals surface area contributed by atoms with E-state index in [9.17, 15) is 4.79 Å². The van der Waals surface area contributed by atoms with Crippen LogP contribution in [0.1, 0.15) is 17.6 Å². The van der Waals surface area contributed by atoms with Crippen LogP contribution in [0, 0.1) is 0 Å². The number of aryl methyl sites for hydroxylation is 1. The van der Waals surface area contributed by atoms with Crippen LogP contribution in [0.3, 0.4) is 0 Å².